The first-order valence-corrected chi connectivity index (χ1v) is 9.78. The zero-order chi connectivity index (χ0) is 18.8. The highest BCUT2D eigenvalue weighted by molar-refractivity contribution is 7.51. The molecule has 1 heterocycles. The van der Waals surface area contributed by atoms with Gasteiger partial charge in [-0.05, 0) is 17.0 Å². The van der Waals surface area contributed by atoms with Crippen molar-refractivity contribution in [1.29, 1.82) is 0 Å². The minimum Gasteiger partial charge on any atom is -0.480 e. The fourth-order valence-corrected chi connectivity index (χ4v) is 3.67. The summed E-state index contributed by atoms with van der Waals surface area (Å²) in [7, 11) is -4.46. The van der Waals surface area contributed by atoms with E-state index < -0.39 is 31.9 Å². The maximum atomic E-state index is 12.9. The lowest BCUT2D eigenvalue weighted by molar-refractivity contribution is -0.142. The zero-order valence-electron chi connectivity index (χ0n) is 14.2. The molecule has 8 nitrogen and oxygen atoms in total. The monoisotopic (exact) mass is 370 g/mol. The van der Waals surface area contributed by atoms with E-state index in [1.54, 1.807) is 0 Å². The van der Waals surface area contributed by atoms with Crippen LogP contribution >= 0.6 is 7.60 Å². The first-order valence-electron chi connectivity index (χ1n) is 7.98. The molecule has 0 bridgehead atoms. The Kier molecular flexibility index (Phi) is 5.87. The van der Waals surface area contributed by atoms with Crippen LogP contribution in [0.25, 0.3) is 0 Å². The topological polar surface area (TPSA) is 118 Å². The summed E-state index contributed by atoms with van der Waals surface area (Å²) in [6.07, 6.45) is -0.558. The Labute approximate surface area is 146 Å². The van der Waals surface area contributed by atoms with Gasteiger partial charge in [-0.15, -0.1) is 0 Å². The number of nitrogens with zero attached hydrogens (tertiary/aromatic N) is 2. The van der Waals surface area contributed by atoms with Gasteiger partial charge in [0, 0.05) is 19.5 Å². The average Bonchev–Trinajstić information content (AvgIpc) is 2.50. The highest BCUT2D eigenvalue weighted by atomic mass is 31.2. The molecular formula is C16H23N2O6P. The first kappa shape index (κ1) is 19.4. The van der Waals surface area contributed by atoms with E-state index in [0.29, 0.717) is 0 Å². The van der Waals surface area contributed by atoms with E-state index in [0.717, 1.165) is 16.0 Å². The number of benzene rings is 1. The number of carboxylic acids is 1. The van der Waals surface area contributed by atoms with E-state index in [2.05, 4.69) is 0 Å². The van der Waals surface area contributed by atoms with Gasteiger partial charge in [0.2, 0.25) is 0 Å². The summed E-state index contributed by atoms with van der Waals surface area (Å²) < 4.78 is 11.4. The fourth-order valence-electron chi connectivity index (χ4n) is 2.99. The molecule has 138 valence electrons. The molecule has 0 spiro atoms. The second-order valence-electron chi connectivity index (χ2n) is 6.66. The molecule has 0 aromatic heterocycles. The molecule has 0 aliphatic carbocycles. The maximum Gasteiger partial charge on any atom is 0.344 e. The van der Waals surface area contributed by atoms with Crippen LogP contribution in [0, 0.1) is 5.92 Å². The van der Waals surface area contributed by atoms with Gasteiger partial charge in [0.05, 0.1) is 0 Å². The number of aliphatic carboxylic acids is 1. The molecule has 1 atom stereocenters. The molecular weight excluding hydrogens is 347 g/mol. The smallest absolute Gasteiger partial charge is 0.344 e. The van der Waals surface area contributed by atoms with Crippen LogP contribution in [0.3, 0.4) is 0 Å². The molecule has 9 heteroatoms. The van der Waals surface area contributed by atoms with Gasteiger partial charge in [-0.2, -0.15) is 0 Å². The highest BCUT2D eigenvalue weighted by Gasteiger charge is 2.38. The van der Waals surface area contributed by atoms with Crippen LogP contribution < -0.4 is 0 Å². The van der Waals surface area contributed by atoms with E-state index in [1.807, 2.05) is 38.1 Å². The largest absolute Gasteiger partial charge is 0.480 e. The van der Waals surface area contributed by atoms with E-state index in [1.165, 1.54) is 4.90 Å². The molecule has 1 aliphatic heterocycles. The predicted molar refractivity (Wildman–Crippen MR) is 91.0 cm³/mol. The molecule has 0 unspecified atom stereocenters. The number of amides is 2. The van der Waals surface area contributed by atoms with Crippen LogP contribution in [0.15, 0.2) is 24.3 Å². The van der Waals surface area contributed by atoms with Gasteiger partial charge >= 0.3 is 19.6 Å². The predicted octanol–water partition coefficient (Wildman–Crippen LogP) is 1.71. The van der Waals surface area contributed by atoms with Crippen LogP contribution in [-0.2, 0) is 22.3 Å². The van der Waals surface area contributed by atoms with Crippen LogP contribution in [0.5, 0.6) is 0 Å². The number of carbonyl (C=O) groups excluding carboxylic acids is 1. The van der Waals surface area contributed by atoms with Crippen LogP contribution in [0.2, 0.25) is 0 Å². The van der Waals surface area contributed by atoms with Gasteiger partial charge in [0.25, 0.3) is 0 Å². The van der Waals surface area contributed by atoms with Gasteiger partial charge in [-0.3, -0.25) is 4.57 Å². The summed E-state index contributed by atoms with van der Waals surface area (Å²) in [5.74, 6) is -1.15. The van der Waals surface area contributed by atoms with Crippen molar-refractivity contribution in [3.8, 4) is 0 Å². The Balaban J connectivity index is 2.32. The Morgan fingerprint density at radius 3 is 2.40 bits per heavy atom. The number of carboxylic acid groups (broad SMARTS) is 1. The second-order valence-corrected chi connectivity index (χ2v) is 8.27. The van der Waals surface area contributed by atoms with Crippen molar-refractivity contribution in [3.05, 3.63) is 35.4 Å². The van der Waals surface area contributed by atoms with Gasteiger partial charge in [0.1, 0.15) is 12.3 Å². The quantitative estimate of drug-likeness (QED) is 0.679. The number of carbonyl (C=O) groups is 2. The van der Waals surface area contributed by atoms with E-state index >= 15 is 0 Å². The van der Waals surface area contributed by atoms with Crippen LogP contribution in [0.1, 0.15) is 25.0 Å². The second kappa shape index (κ2) is 7.56. The number of hydrogen-bond donors (Lipinski definition) is 3. The summed E-state index contributed by atoms with van der Waals surface area (Å²) in [5.41, 5.74) is 1.71. The van der Waals surface area contributed by atoms with Crippen LogP contribution in [-0.4, -0.2) is 55.6 Å². The van der Waals surface area contributed by atoms with Gasteiger partial charge in [-0.25, -0.2) is 9.59 Å². The molecule has 3 N–H and O–H groups in total. The number of fused-ring (bicyclic) bond motifs is 1. The molecule has 1 aliphatic rings. The summed E-state index contributed by atoms with van der Waals surface area (Å²) >= 11 is 0. The molecule has 0 radical (unpaired) electrons. The standard InChI is InChI=1S/C16H23N2O6P/c1-11(2)8-17(10-25(22,23)24)16(21)18-9-13-6-4-3-5-12(13)7-14(18)15(19)20/h3-6,11,14H,7-10H2,1-2H3,(H,19,20)(H2,22,23,24)/t14-/m1/s1. The number of urea groups is 1. The van der Waals surface area contributed by atoms with Crippen molar-refractivity contribution in [1.82, 2.24) is 9.80 Å². The third kappa shape index (κ3) is 5.04. The van der Waals surface area contributed by atoms with Crippen molar-refractivity contribution >= 4 is 19.6 Å². The molecule has 0 fully saturated rings. The average molecular weight is 370 g/mol. The molecule has 1 aromatic carbocycles. The van der Waals surface area contributed by atoms with Gasteiger partial charge in [-0.1, -0.05) is 38.1 Å². The normalized spacial score (nSPS) is 17.3. The van der Waals surface area contributed by atoms with E-state index in [-0.39, 0.29) is 25.4 Å². The van der Waals surface area contributed by atoms with Gasteiger partial charge in [0.15, 0.2) is 0 Å². The van der Waals surface area contributed by atoms with E-state index in [4.69, 9.17) is 0 Å². The Hall–Kier alpha value is -1.89. The Bertz CT molecular complexity index is 702. The van der Waals surface area contributed by atoms with Crippen molar-refractivity contribution in [2.45, 2.75) is 32.9 Å². The zero-order valence-corrected chi connectivity index (χ0v) is 15.1. The minimum absolute atomic E-state index is 0.0177. The number of hydrogen-bond acceptors (Lipinski definition) is 3. The Morgan fingerprint density at radius 1 is 1.28 bits per heavy atom. The molecule has 2 rings (SSSR count). The third-order valence-corrected chi connectivity index (χ3v) is 4.70. The lowest BCUT2D eigenvalue weighted by Gasteiger charge is -2.38. The highest BCUT2D eigenvalue weighted by Crippen LogP contribution is 2.36. The summed E-state index contributed by atoms with van der Waals surface area (Å²) in [4.78, 5) is 45.3. The summed E-state index contributed by atoms with van der Waals surface area (Å²) in [6, 6.07) is 5.55. The molecule has 25 heavy (non-hydrogen) atoms. The summed E-state index contributed by atoms with van der Waals surface area (Å²) in [6.45, 7) is 3.87. The lowest BCUT2D eigenvalue weighted by Crippen LogP contribution is -2.54. The fraction of sp³-hybridized carbons (Fsp3) is 0.500. The maximum absolute atomic E-state index is 12.9. The SMILES string of the molecule is CC(C)CN(CP(=O)(O)O)C(=O)N1Cc2ccccc2C[C@@H]1C(=O)O. The van der Waals surface area contributed by atoms with E-state index in [9.17, 15) is 29.0 Å². The minimum atomic E-state index is -4.46. The molecule has 2 amide bonds. The first-order chi connectivity index (χ1) is 11.6. The van der Waals surface area contributed by atoms with Crippen molar-refractivity contribution in [2.75, 3.05) is 12.8 Å². The van der Waals surface area contributed by atoms with Gasteiger partial charge < -0.3 is 24.7 Å². The Morgan fingerprint density at radius 2 is 1.88 bits per heavy atom. The van der Waals surface area contributed by atoms with Crippen molar-refractivity contribution in [2.24, 2.45) is 5.92 Å². The summed E-state index contributed by atoms with van der Waals surface area (Å²) in [5, 5.41) is 9.51. The molecule has 0 saturated heterocycles. The lowest BCUT2D eigenvalue weighted by atomic mass is 9.94. The third-order valence-electron chi connectivity index (χ3n) is 3.99. The van der Waals surface area contributed by atoms with Crippen molar-refractivity contribution in [3.63, 3.8) is 0 Å². The van der Waals surface area contributed by atoms with Crippen molar-refractivity contribution < 1.29 is 29.0 Å². The molecule has 0 saturated carbocycles. The number of rotatable bonds is 5. The van der Waals surface area contributed by atoms with Crippen LogP contribution in [0.4, 0.5) is 4.79 Å². The molecule has 1 aromatic rings.